The normalized spacial score (nSPS) is 15.5. The van der Waals surface area contributed by atoms with Gasteiger partial charge in [0.1, 0.15) is 10.7 Å². The topological polar surface area (TPSA) is 62.6 Å². The predicted octanol–water partition coefficient (Wildman–Crippen LogP) is 2.96. The number of nitrogens with zero attached hydrogens (tertiary/aromatic N) is 3. The molecule has 0 unspecified atom stereocenters. The van der Waals surface area contributed by atoms with Gasteiger partial charge >= 0.3 is 0 Å². The lowest BCUT2D eigenvalue weighted by Crippen LogP contribution is -2.46. The second-order valence-electron chi connectivity index (χ2n) is 8.00. The molecule has 0 radical (unpaired) electrons. The minimum absolute atomic E-state index is 0.0508. The van der Waals surface area contributed by atoms with Crippen molar-refractivity contribution < 1.29 is 12.8 Å². The van der Waals surface area contributed by atoms with E-state index in [0.29, 0.717) is 24.3 Å². The Morgan fingerprint density at radius 2 is 1.77 bits per heavy atom. The molecule has 0 amide bonds. The predicted molar refractivity (Wildman–Crippen MR) is 120 cm³/mol. The number of hydrogen-bond donors (Lipinski definition) is 0. The van der Waals surface area contributed by atoms with Gasteiger partial charge in [-0.1, -0.05) is 19.1 Å². The number of pyridine rings is 1. The zero-order chi connectivity index (χ0) is 22.3. The molecule has 164 valence electrons. The monoisotopic (exact) mass is 443 g/mol. The van der Waals surface area contributed by atoms with Gasteiger partial charge in [0.15, 0.2) is 0 Å². The zero-order valence-electron chi connectivity index (χ0n) is 17.9. The van der Waals surface area contributed by atoms with E-state index < -0.39 is 21.1 Å². The van der Waals surface area contributed by atoms with E-state index in [4.69, 9.17) is 0 Å². The van der Waals surface area contributed by atoms with Gasteiger partial charge in [-0.2, -0.15) is 0 Å². The van der Waals surface area contributed by atoms with Gasteiger partial charge in [-0.15, -0.1) is 0 Å². The maximum Gasteiger partial charge on any atom is 0.211 e. The molecule has 0 atom stereocenters. The highest BCUT2D eigenvalue weighted by molar-refractivity contribution is 7.91. The van der Waals surface area contributed by atoms with Gasteiger partial charge in [-0.3, -0.25) is 4.79 Å². The molecule has 0 spiro atoms. The number of anilines is 1. The van der Waals surface area contributed by atoms with Crippen molar-refractivity contribution in [3.05, 3.63) is 64.2 Å². The van der Waals surface area contributed by atoms with Crippen molar-refractivity contribution in [2.75, 3.05) is 37.6 Å². The molecule has 3 aromatic rings. The Hall–Kier alpha value is -2.71. The summed E-state index contributed by atoms with van der Waals surface area (Å²) in [7, 11) is -2.36. The number of rotatable bonds is 4. The number of sulfone groups is 1. The van der Waals surface area contributed by atoms with Gasteiger partial charge in [0.05, 0.1) is 21.5 Å². The number of aromatic nitrogens is 1. The van der Waals surface area contributed by atoms with E-state index in [1.165, 1.54) is 24.4 Å². The number of hydrogen-bond acceptors (Lipinski definition) is 5. The Kier molecular flexibility index (Phi) is 5.61. The molecule has 8 heteroatoms. The fourth-order valence-electron chi connectivity index (χ4n) is 4.11. The van der Waals surface area contributed by atoms with E-state index >= 15 is 4.39 Å². The highest BCUT2D eigenvalue weighted by Crippen LogP contribution is 2.27. The Balaban J connectivity index is 1.82. The van der Waals surface area contributed by atoms with Crippen LogP contribution in [-0.4, -0.2) is 50.6 Å². The summed E-state index contributed by atoms with van der Waals surface area (Å²) < 4.78 is 42.9. The molecule has 0 bridgehead atoms. The van der Waals surface area contributed by atoms with Crippen LogP contribution in [0.4, 0.5) is 10.1 Å². The number of benzene rings is 2. The molecule has 1 aromatic heterocycles. The Labute approximate surface area is 181 Å². The molecule has 2 heterocycles. The van der Waals surface area contributed by atoms with Gasteiger partial charge in [-0.05, 0) is 43.3 Å². The van der Waals surface area contributed by atoms with Crippen LogP contribution < -0.4 is 10.3 Å². The van der Waals surface area contributed by atoms with Gasteiger partial charge in [0.2, 0.25) is 15.3 Å². The summed E-state index contributed by atoms with van der Waals surface area (Å²) in [5, 5.41) is 0.0599. The Morgan fingerprint density at radius 1 is 1.06 bits per heavy atom. The Bertz CT molecular complexity index is 1310. The molecule has 1 aliphatic rings. The standard InChI is InChI=1S/C23H26FN3O3S/c1-4-26-8-10-27(11-9-26)21-14-20-18(13-19(21)24)23(28)22(15-25(20)3)31(29,30)17-7-5-6-16(2)12-17/h5-7,12-15H,4,8-11H2,1-3H3. The number of fused-ring (bicyclic) bond motifs is 1. The van der Waals surface area contributed by atoms with Gasteiger partial charge in [-0.25, -0.2) is 12.8 Å². The molecular formula is C23H26FN3O3S. The molecule has 1 saturated heterocycles. The summed E-state index contributed by atoms with van der Waals surface area (Å²) in [5.74, 6) is -0.514. The van der Waals surface area contributed by atoms with Crippen LogP contribution in [0.25, 0.3) is 10.9 Å². The molecule has 0 aliphatic carbocycles. The molecule has 0 saturated carbocycles. The van der Waals surface area contributed by atoms with Crippen molar-refractivity contribution >= 4 is 26.4 Å². The van der Waals surface area contributed by atoms with Crippen molar-refractivity contribution in [2.45, 2.75) is 23.6 Å². The maximum absolute atomic E-state index is 15.0. The van der Waals surface area contributed by atoms with Crippen LogP contribution in [0.15, 0.2) is 57.2 Å². The molecule has 31 heavy (non-hydrogen) atoms. The molecule has 6 nitrogen and oxygen atoms in total. The summed E-state index contributed by atoms with van der Waals surface area (Å²) in [4.78, 5) is 17.1. The largest absolute Gasteiger partial charge is 0.367 e. The molecule has 4 rings (SSSR count). The first kappa shape index (κ1) is 21.5. The van der Waals surface area contributed by atoms with Crippen LogP contribution in [0.5, 0.6) is 0 Å². The molecule has 2 aromatic carbocycles. The average molecular weight is 444 g/mol. The van der Waals surface area contributed by atoms with Crippen molar-refractivity contribution in [3.8, 4) is 0 Å². The van der Waals surface area contributed by atoms with E-state index in [1.54, 1.807) is 36.7 Å². The summed E-state index contributed by atoms with van der Waals surface area (Å²) in [6.45, 7) is 7.94. The van der Waals surface area contributed by atoms with Gasteiger partial charge in [0, 0.05) is 39.4 Å². The van der Waals surface area contributed by atoms with Crippen LogP contribution in [-0.2, 0) is 16.9 Å². The number of piperazine rings is 1. The highest BCUT2D eigenvalue weighted by Gasteiger charge is 2.25. The Morgan fingerprint density at radius 3 is 2.42 bits per heavy atom. The third-order valence-corrected chi connectivity index (χ3v) is 7.72. The quantitative estimate of drug-likeness (QED) is 0.621. The summed E-state index contributed by atoms with van der Waals surface area (Å²) in [6, 6.07) is 9.24. The van der Waals surface area contributed by atoms with Crippen molar-refractivity contribution in [2.24, 2.45) is 7.05 Å². The van der Waals surface area contributed by atoms with Crippen LogP contribution in [0, 0.1) is 12.7 Å². The lowest BCUT2D eigenvalue weighted by molar-refractivity contribution is 0.270. The van der Waals surface area contributed by atoms with Crippen molar-refractivity contribution in [1.82, 2.24) is 9.47 Å². The van der Waals surface area contributed by atoms with Gasteiger partial charge < -0.3 is 14.4 Å². The van der Waals surface area contributed by atoms with E-state index in [2.05, 4.69) is 11.8 Å². The van der Waals surface area contributed by atoms with Gasteiger partial charge in [0.25, 0.3) is 0 Å². The lowest BCUT2D eigenvalue weighted by atomic mass is 10.1. The summed E-state index contributed by atoms with van der Waals surface area (Å²) >= 11 is 0. The summed E-state index contributed by atoms with van der Waals surface area (Å²) in [6.07, 6.45) is 1.33. The average Bonchev–Trinajstić information content (AvgIpc) is 2.76. The van der Waals surface area contributed by atoms with E-state index in [0.717, 1.165) is 25.2 Å². The van der Waals surface area contributed by atoms with Crippen molar-refractivity contribution in [3.63, 3.8) is 0 Å². The zero-order valence-corrected chi connectivity index (χ0v) is 18.7. The highest BCUT2D eigenvalue weighted by atomic mass is 32.2. The van der Waals surface area contributed by atoms with E-state index in [1.807, 2.05) is 4.90 Å². The smallest absolute Gasteiger partial charge is 0.211 e. The second-order valence-corrected chi connectivity index (χ2v) is 9.91. The van der Waals surface area contributed by atoms with Crippen LogP contribution >= 0.6 is 0 Å². The first-order valence-corrected chi connectivity index (χ1v) is 11.8. The van der Waals surface area contributed by atoms with E-state index in [-0.39, 0.29) is 15.2 Å². The SMILES string of the molecule is CCN1CCN(c2cc3c(cc2F)c(=O)c(S(=O)(=O)c2cccc(C)c2)cn3C)CC1. The fourth-order valence-corrected chi connectivity index (χ4v) is 5.61. The molecule has 1 fully saturated rings. The minimum atomic E-state index is -4.03. The second kappa shape index (κ2) is 8.09. The van der Waals surface area contributed by atoms with E-state index in [9.17, 15) is 13.2 Å². The third-order valence-electron chi connectivity index (χ3n) is 5.97. The molecular weight excluding hydrogens is 417 g/mol. The number of halogens is 1. The minimum Gasteiger partial charge on any atom is -0.367 e. The molecule has 0 N–H and O–H groups in total. The first-order valence-electron chi connectivity index (χ1n) is 10.3. The van der Waals surface area contributed by atoms with Crippen LogP contribution in [0.1, 0.15) is 12.5 Å². The van der Waals surface area contributed by atoms with Crippen LogP contribution in [0.3, 0.4) is 0 Å². The summed E-state index contributed by atoms with van der Waals surface area (Å²) in [5.41, 5.74) is 1.03. The molecule has 1 aliphatic heterocycles. The fraction of sp³-hybridized carbons (Fsp3) is 0.348. The lowest BCUT2D eigenvalue weighted by Gasteiger charge is -2.35. The number of aryl methyl sites for hydroxylation is 2. The third kappa shape index (κ3) is 3.85. The first-order chi connectivity index (χ1) is 14.7. The maximum atomic E-state index is 15.0. The van der Waals surface area contributed by atoms with Crippen molar-refractivity contribution in [1.29, 1.82) is 0 Å². The number of likely N-dealkylation sites (N-methyl/N-ethyl adjacent to an activating group) is 1. The van der Waals surface area contributed by atoms with Crippen LogP contribution in [0.2, 0.25) is 0 Å².